The largest absolute Gasteiger partial charge is 0.493 e. The number of nitrogens with one attached hydrogen (secondary N) is 1. The second-order valence-corrected chi connectivity index (χ2v) is 4.49. The van der Waals surface area contributed by atoms with Crippen LogP contribution in [0, 0.1) is 11.6 Å². The first-order valence-electron chi connectivity index (χ1n) is 6.63. The third-order valence-corrected chi connectivity index (χ3v) is 2.88. The number of benzene rings is 2. The lowest BCUT2D eigenvalue weighted by molar-refractivity contribution is -0.118. The summed E-state index contributed by atoms with van der Waals surface area (Å²) in [4.78, 5) is 11.8. The fourth-order valence-corrected chi connectivity index (χ4v) is 1.92. The zero-order valence-corrected chi connectivity index (χ0v) is 12.6. The third kappa shape index (κ3) is 4.32. The number of halogens is 2. The molecule has 2 rings (SSSR count). The average Bonchev–Trinajstić information content (AvgIpc) is 2.51. The summed E-state index contributed by atoms with van der Waals surface area (Å²) in [5.74, 6) is -1.09. The SMILES string of the molecule is COc1cccc(OC)c1OCC(=O)Nc1cc(F)cc(F)c1. The molecule has 0 saturated heterocycles. The van der Waals surface area contributed by atoms with E-state index in [0.717, 1.165) is 12.1 Å². The number of para-hydroxylation sites is 1. The Morgan fingerprint density at radius 1 is 1.04 bits per heavy atom. The van der Waals surface area contributed by atoms with E-state index in [2.05, 4.69) is 5.32 Å². The number of anilines is 1. The highest BCUT2D eigenvalue weighted by Gasteiger charge is 2.13. The van der Waals surface area contributed by atoms with E-state index in [1.54, 1.807) is 18.2 Å². The van der Waals surface area contributed by atoms with Crippen LogP contribution in [-0.2, 0) is 4.79 Å². The van der Waals surface area contributed by atoms with Crippen molar-refractivity contribution in [2.24, 2.45) is 0 Å². The van der Waals surface area contributed by atoms with Gasteiger partial charge in [-0.15, -0.1) is 0 Å². The van der Waals surface area contributed by atoms with Crippen molar-refractivity contribution < 1.29 is 27.8 Å². The molecule has 0 bridgehead atoms. The van der Waals surface area contributed by atoms with Gasteiger partial charge in [0.05, 0.1) is 14.2 Å². The fourth-order valence-electron chi connectivity index (χ4n) is 1.92. The lowest BCUT2D eigenvalue weighted by atomic mass is 10.3. The van der Waals surface area contributed by atoms with E-state index in [9.17, 15) is 13.6 Å². The molecule has 0 atom stereocenters. The molecule has 23 heavy (non-hydrogen) atoms. The molecular weight excluding hydrogens is 308 g/mol. The topological polar surface area (TPSA) is 56.8 Å². The number of carbonyl (C=O) groups excluding carboxylic acids is 1. The summed E-state index contributed by atoms with van der Waals surface area (Å²) in [5.41, 5.74) is 0.00286. The zero-order chi connectivity index (χ0) is 16.8. The molecule has 0 heterocycles. The molecule has 1 N–H and O–H groups in total. The van der Waals surface area contributed by atoms with Gasteiger partial charge in [-0.25, -0.2) is 8.78 Å². The second-order valence-electron chi connectivity index (χ2n) is 4.49. The van der Waals surface area contributed by atoms with Crippen molar-refractivity contribution in [2.45, 2.75) is 0 Å². The van der Waals surface area contributed by atoms with E-state index in [1.165, 1.54) is 14.2 Å². The molecule has 1 amide bonds. The lowest BCUT2D eigenvalue weighted by Gasteiger charge is -2.14. The van der Waals surface area contributed by atoms with Gasteiger partial charge in [-0.2, -0.15) is 0 Å². The summed E-state index contributed by atoms with van der Waals surface area (Å²) in [7, 11) is 2.91. The van der Waals surface area contributed by atoms with E-state index in [-0.39, 0.29) is 18.0 Å². The van der Waals surface area contributed by atoms with Crippen LogP contribution in [0.1, 0.15) is 0 Å². The number of methoxy groups -OCH3 is 2. The van der Waals surface area contributed by atoms with Gasteiger partial charge in [0, 0.05) is 11.8 Å². The van der Waals surface area contributed by atoms with Crippen molar-refractivity contribution in [2.75, 3.05) is 26.1 Å². The fraction of sp³-hybridized carbons (Fsp3) is 0.188. The van der Waals surface area contributed by atoms with E-state index in [1.807, 2.05) is 0 Å². The maximum absolute atomic E-state index is 13.1. The number of amides is 1. The molecule has 122 valence electrons. The number of rotatable bonds is 6. The van der Waals surface area contributed by atoms with Gasteiger partial charge in [-0.05, 0) is 24.3 Å². The highest BCUT2D eigenvalue weighted by atomic mass is 19.1. The van der Waals surface area contributed by atoms with Crippen molar-refractivity contribution in [3.8, 4) is 17.2 Å². The van der Waals surface area contributed by atoms with Gasteiger partial charge in [-0.1, -0.05) is 6.07 Å². The first-order chi connectivity index (χ1) is 11.0. The molecule has 0 aliphatic carbocycles. The van der Waals surface area contributed by atoms with Crippen molar-refractivity contribution in [1.29, 1.82) is 0 Å². The van der Waals surface area contributed by atoms with Crippen LogP contribution in [0.2, 0.25) is 0 Å². The van der Waals surface area contributed by atoms with Crippen molar-refractivity contribution in [3.05, 3.63) is 48.0 Å². The highest BCUT2D eigenvalue weighted by Crippen LogP contribution is 2.36. The van der Waals surface area contributed by atoms with Crippen LogP contribution in [-0.4, -0.2) is 26.7 Å². The summed E-state index contributed by atoms with van der Waals surface area (Å²) in [6.45, 7) is -0.380. The standard InChI is InChI=1S/C16H15F2NO4/c1-21-13-4-3-5-14(22-2)16(13)23-9-15(20)19-12-7-10(17)6-11(18)8-12/h3-8H,9H2,1-2H3,(H,19,20). The number of hydrogen-bond donors (Lipinski definition) is 1. The molecule has 0 aliphatic rings. The van der Waals surface area contributed by atoms with Crippen molar-refractivity contribution in [3.63, 3.8) is 0 Å². The van der Waals surface area contributed by atoms with Gasteiger partial charge >= 0.3 is 0 Å². The summed E-state index contributed by atoms with van der Waals surface area (Å²) >= 11 is 0. The second kappa shape index (κ2) is 7.44. The molecule has 5 nitrogen and oxygen atoms in total. The molecular formula is C16H15F2NO4. The van der Waals surface area contributed by atoms with Crippen LogP contribution in [0.25, 0.3) is 0 Å². The van der Waals surface area contributed by atoms with Crippen molar-refractivity contribution >= 4 is 11.6 Å². The summed E-state index contributed by atoms with van der Waals surface area (Å²) < 4.78 is 41.8. The summed E-state index contributed by atoms with van der Waals surface area (Å²) in [6, 6.07) is 7.73. The predicted octanol–water partition coefficient (Wildman–Crippen LogP) is 3.00. The Bertz CT molecular complexity index is 664. The smallest absolute Gasteiger partial charge is 0.262 e. The maximum Gasteiger partial charge on any atom is 0.262 e. The normalized spacial score (nSPS) is 10.1. The molecule has 0 spiro atoms. The molecule has 2 aromatic carbocycles. The molecule has 0 unspecified atom stereocenters. The molecule has 2 aromatic rings. The van der Waals surface area contributed by atoms with Crippen LogP contribution >= 0.6 is 0 Å². The number of carbonyl (C=O) groups is 1. The lowest BCUT2D eigenvalue weighted by Crippen LogP contribution is -2.20. The number of hydrogen-bond acceptors (Lipinski definition) is 4. The van der Waals surface area contributed by atoms with E-state index < -0.39 is 17.5 Å². The number of ether oxygens (including phenoxy) is 3. The van der Waals surface area contributed by atoms with Gasteiger partial charge in [0.15, 0.2) is 18.1 Å². The van der Waals surface area contributed by atoms with Gasteiger partial charge in [0.25, 0.3) is 5.91 Å². The van der Waals surface area contributed by atoms with Crippen LogP contribution < -0.4 is 19.5 Å². The Morgan fingerprint density at radius 2 is 1.61 bits per heavy atom. The molecule has 7 heteroatoms. The minimum absolute atomic E-state index is 0.00286. The Labute approximate surface area is 131 Å². The molecule has 0 saturated carbocycles. The molecule has 0 radical (unpaired) electrons. The first kappa shape index (κ1) is 16.5. The van der Waals surface area contributed by atoms with Crippen molar-refractivity contribution in [1.82, 2.24) is 0 Å². The summed E-state index contributed by atoms with van der Waals surface area (Å²) in [5, 5.41) is 2.34. The first-order valence-corrected chi connectivity index (χ1v) is 6.63. The highest BCUT2D eigenvalue weighted by molar-refractivity contribution is 5.91. The molecule has 0 aromatic heterocycles. The van der Waals surface area contributed by atoms with E-state index in [4.69, 9.17) is 14.2 Å². The molecule has 0 fully saturated rings. The van der Waals surface area contributed by atoms with Crippen LogP contribution in [0.3, 0.4) is 0 Å². The zero-order valence-electron chi connectivity index (χ0n) is 12.6. The van der Waals surface area contributed by atoms with Gasteiger partial charge < -0.3 is 19.5 Å². The Morgan fingerprint density at radius 3 is 2.13 bits per heavy atom. The minimum atomic E-state index is -0.785. The van der Waals surface area contributed by atoms with Gasteiger partial charge in [0.2, 0.25) is 5.75 Å². The predicted molar refractivity (Wildman–Crippen MR) is 80.0 cm³/mol. The average molecular weight is 323 g/mol. The Balaban J connectivity index is 2.05. The third-order valence-electron chi connectivity index (χ3n) is 2.88. The Hall–Kier alpha value is -2.83. The van der Waals surface area contributed by atoms with Crippen LogP contribution in [0.4, 0.5) is 14.5 Å². The van der Waals surface area contributed by atoms with E-state index >= 15 is 0 Å². The van der Waals surface area contributed by atoms with E-state index in [0.29, 0.717) is 17.6 Å². The monoisotopic (exact) mass is 323 g/mol. The quantitative estimate of drug-likeness (QED) is 0.888. The van der Waals surface area contributed by atoms with Crippen LogP contribution in [0.5, 0.6) is 17.2 Å². The van der Waals surface area contributed by atoms with Crippen LogP contribution in [0.15, 0.2) is 36.4 Å². The maximum atomic E-state index is 13.1. The van der Waals surface area contributed by atoms with Gasteiger partial charge in [-0.3, -0.25) is 4.79 Å². The minimum Gasteiger partial charge on any atom is -0.493 e. The Kier molecular flexibility index (Phi) is 5.35. The molecule has 0 aliphatic heterocycles. The summed E-state index contributed by atoms with van der Waals surface area (Å²) in [6.07, 6.45) is 0. The van der Waals surface area contributed by atoms with Gasteiger partial charge in [0.1, 0.15) is 11.6 Å².